The number of ether oxygens (including phenoxy) is 1. The summed E-state index contributed by atoms with van der Waals surface area (Å²) in [7, 11) is 0.968. The smallest absolute Gasteiger partial charge is 0.355 e. The number of methoxy groups -OCH3 is 1. The maximum Gasteiger partial charge on any atom is 0.355 e. The number of Topliss-reactive ketones (excluding diaryl/α,β-unsaturated/α-hetero) is 1. The van der Waals surface area contributed by atoms with Crippen LogP contribution in [0.4, 0.5) is 11.6 Å². The topological polar surface area (TPSA) is 244 Å². The minimum absolute atomic E-state index is 0.0187. The number of nitrogens with zero attached hydrogens (tertiary/aromatic N) is 4. The largest absolute Gasteiger partial charge is 0.464 e. The summed E-state index contributed by atoms with van der Waals surface area (Å²) in [4.78, 5) is 70.7. The first kappa shape index (κ1) is 22.9. The molecule has 0 spiro atoms. The van der Waals surface area contributed by atoms with E-state index in [0.717, 1.165) is 19.2 Å². The number of hydrogen-bond donors (Lipinski definition) is 5. The molecule has 1 aromatic carbocycles. The predicted molar refractivity (Wildman–Crippen MR) is 113 cm³/mol. The summed E-state index contributed by atoms with van der Waals surface area (Å²) in [6.07, 6.45) is 0. The second-order valence-electron chi connectivity index (χ2n) is 6.18. The van der Waals surface area contributed by atoms with Crippen LogP contribution in [0.1, 0.15) is 11.6 Å². The van der Waals surface area contributed by atoms with Gasteiger partial charge in [-0.15, -0.1) is 0 Å². The number of amides is 1. The second kappa shape index (κ2) is 9.14. The third kappa shape index (κ3) is 4.61. The summed E-state index contributed by atoms with van der Waals surface area (Å²) in [5, 5.41) is 21.1. The quantitative estimate of drug-likeness (QED) is 0.0548. The number of carbonyl (C=O) groups excluding carboxylic acids is 3. The monoisotopic (exact) mass is 475 g/mol. The van der Waals surface area contributed by atoms with E-state index in [2.05, 4.69) is 40.3 Å². The van der Waals surface area contributed by atoms with E-state index in [-0.39, 0.29) is 27.4 Å². The Morgan fingerprint density at radius 1 is 1.30 bits per heavy atom. The number of anilines is 1. The van der Waals surface area contributed by atoms with Gasteiger partial charge in [-0.25, -0.2) is 9.78 Å². The molecule has 16 nitrogen and oxygen atoms in total. The molecule has 33 heavy (non-hydrogen) atoms. The number of carbonyl (C=O) groups is 3. The highest BCUT2D eigenvalue weighted by atomic mass is 32.1. The van der Waals surface area contributed by atoms with Crippen LogP contribution in [0, 0.1) is 14.9 Å². The summed E-state index contributed by atoms with van der Waals surface area (Å²) in [6.45, 7) is 0. The number of esters is 1. The van der Waals surface area contributed by atoms with Gasteiger partial charge in [0, 0.05) is 12.1 Å². The normalized spacial score (nSPS) is 12.2. The number of aromatic amines is 3. The van der Waals surface area contributed by atoms with Crippen LogP contribution in [0.15, 0.2) is 28.1 Å². The average Bonchev–Trinajstić information content (AvgIpc) is 3.20. The lowest BCUT2D eigenvalue weighted by molar-refractivity contribution is -0.384. The molecule has 17 heteroatoms. The number of ketones is 1. The van der Waals surface area contributed by atoms with Crippen molar-refractivity contribution in [2.75, 3.05) is 12.4 Å². The number of hydrazone groups is 1. The van der Waals surface area contributed by atoms with E-state index in [1.807, 2.05) is 0 Å². The Balaban J connectivity index is 2.13. The first-order valence-electron chi connectivity index (χ1n) is 8.70. The van der Waals surface area contributed by atoms with Gasteiger partial charge >= 0.3 is 5.97 Å². The van der Waals surface area contributed by atoms with Gasteiger partial charge in [0.05, 0.1) is 23.1 Å². The maximum atomic E-state index is 13.0. The average molecular weight is 475 g/mol. The van der Waals surface area contributed by atoms with Gasteiger partial charge in [-0.05, 0) is 18.3 Å². The van der Waals surface area contributed by atoms with Crippen molar-refractivity contribution in [2.45, 2.75) is 5.92 Å². The Labute approximate surface area is 186 Å². The zero-order valence-corrected chi connectivity index (χ0v) is 17.3. The molecular formula is C16H13N9O7S. The first-order valence-corrected chi connectivity index (χ1v) is 9.11. The molecule has 1 amide bonds. The van der Waals surface area contributed by atoms with Crippen molar-refractivity contribution in [2.24, 2.45) is 10.9 Å². The number of aromatic nitrogens is 5. The molecule has 2 aromatic heterocycles. The molecule has 1 atom stereocenters. The number of nitro groups is 1. The molecule has 0 unspecified atom stereocenters. The SMILES string of the molecule is COC(=O)/C(=N\N)[C@H](C(=O)C(=O)Nc1nc(=S)[nH][nH]1)c1nc2ccc([N+](=O)[O-])cc2[nH]c1=O. The van der Waals surface area contributed by atoms with Crippen LogP contribution in [0.2, 0.25) is 0 Å². The fraction of sp³-hybridized carbons (Fsp3) is 0.125. The number of H-pyrrole nitrogens is 3. The Bertz CT molecular complexity index is 1440. The zero-order valence-electron chi connectivity index (χ0n) is 16.4. The fourth-order valence-corrected chi connectivity index (χ4v) is 2.90. The molecule has 2 heterocycles. The Morgan fingerprint density at radius 3 is 2.61 bits per heavy atom. The third-order valence-corrected chi connectivity index (χ3v) is 4.41. The molecule has 0 fully saturated rings. The summed E-state index contributed by atoms with van der Waals surface area (Å²) >= 11 is 4.75. The van der Waals surface area contributed by atoms with Crippen LogP contribution in [0.25, 0.3) is 11.0 Å². The van der Waals surface area contributed by atoms with E-state index in [1.54, 1.807) is 0 Å². The van der Waals surface area contributed by atoms with Gasteiger partial charge in [0.2, 0.25) is 16.5 Å². The van der Waals surface area contributed by atoms with Crippen LogP contribution >= 0.6 is 12.2 Å². The molecule has 0 bridgehead atoms. The van der Waals surface area contributed by atoms with Crippen molar-refractivity contribution in [3.8, 4) is 0 Å². The minimum atomic E-state index is -1.98. The van der Waals surface area contributed by atoms with Crippen LogP contribution in [0.5, 0.6) is 0 Å². The molecule has 0 aliphatic heterocycles. The number of hydrogen-bond acceptors (Lipinski definition) is 12. The lowest BCUT2D eigenvalue weighted by Gasteiger charge is -2.15. The van der Waals surface area contributed by atoms with Gasteiger partial charge in [-0.3, -0.25) is 40.0 Å². The van der Waals surface area contributed by atoms with Crippen molar-refractivity contribution in [1.29, 1.82) is 0 Å². The number of fused-ring (bicyclic) bond motifs is 1. The summed E-state index contributed by atoms with van der Waals surface area (Å²) in [5.41, 5.74) is -2.77. The molecule has 0 saturated carbocycles. The van der Waals surface area contributed by atoms with Gasteiger partial charge in [-0.2, -0.15) is 10.1 Å². The van der Waals surface area contributed by atoms with Crippen molar-refractivity contribution in [1.82, 2.24) is 25.1 Å². The van der Waals surface area contributed by atoms with E-state index in [0.29, 0.717) is 0 Å². The van der Waals surface area contributed by atoms with Crippen LogP contribution in [-0.2, 0) is 19.1 Å². The molecule has 0 saturated heterocycles. The number of nitrogens with two attached hydrogens (primary N) is 1. The number of benzene rings is 1. The molecular weight excluding hydrogens is 462 g/mol. The van der Waals surface area contributed by atoms with Crippen molar-refractivity contribution in [3.63, 3.8) is 0 Å². The number of non-ortho nitro benzene ring substituents is 1. The van der Waals surface area contributed by atoms with Gasteiger partial charge in [0.15, 0.2) is 5.71 Å². The van der Waals surface area contributed by atoms with Gasteiger partial charge in [-0.1, -0.05) is 0 Å². The third-order valence-electron chi connectivity index (χ3n) is 4.21. The van der Waals surface area contributed by atoms with Gasteiger partial charge in [0.1, 0.15) is 11.6 Å². The summed E-state index contributed by atoms with van der Waals surface area (Å²) in [5.74, 6) is -0.813. The molecule has 3 rings (SSSR count). The predicted octanol–water partition coefficient (Wildman–Crippen LogP) is -0.609. The molecule has 170 valence electrons. The van der Waals surface area contributed by atoms with Crippen LogP contribution < -0.4 is 16.7 Å². The van der Waals surface area contributed by atoms with Gasteiger partial charge in [0.25, 0.3) is 17.2 Å². The lowest BCUT2D eigenvalue weighted by Crippen LogP contribution is -2.40. The lowest BCUT2D eigenvalue weighted by atomic mass is 9.93. The van der Waals surface area contributed by atoms with E-state index >= 15 is 0 Å². The van der Waals surface area contributed by atoms with Crippen molar-refractivity contribution >= 4 is 58.3 Å². The minimum Gasteiger partial charge on any atom is -0.464 e. The molecule has 0 radical (unpaired) electrons. The number of nitrogens with one attached hydrogen (secondary N) is 4. The standard InChI is InChI=1S/C16H13N9O7S/c1-32-14(29)10(22-17)8(11(26)13(28)20-15-21-16(33)24-23-15)9-12(27)19-7-4-5(25(30)31)2-3-6(7)18-9/h2-4,8H,17H2,1H3,(H,19,27)(H3,20,21,23,24,28,33)/b22-10-/t8-/m1/s1. The highest BCUT2D eigenvalue weighted by Crippen LogP contribution is 2.21. The molecule has 0 aliphatic rings. The van der Waals surface area contributed by atoms with E-state index in [1.165, 1.54) is 6.07 Å². The molecule has 3 aromatic rings. The Hall–Kier alpha value is -4.80. The number of nitro benzene ring substituents is 1. The van der Waals surface area contributed by atoms with E-state index < -0.39 is 45.5 Å². The number of rotatable bonds is 7. The molecule has 6 N–H and O–H groups in total. The molecule has 0 aliphatic carbocycles. The Morgan fingerprint density at radius 2 is 2.03 bits per heavy atom. The van der Waals surface area contributed by atoms with E-state index in [9.17, 15) is 29.3 Å². The highest BCUT2D eigenvalue weighted by molar-refractivity contribution is 7.71. The second-order valence-corrected chi connectivity index (χ2v) is 6.57. The van der Waals surface area contributed by atoms with Crippen LogP contribution in [0.3, 0.4) is 0 Å². The zero-order chi connectivity index (χ0) is 24.3. The van der Waals surface area contributed by atoms with Crippen molar-refractivity contribution in [3.05, 3.63) is 49.1 Å². The van der Waals surface area contributed by atoms with Crippen molar-refractivity contribution < 1.29 is 24.0 Å². The summed E-state index contributed by atoms with van der Waals surface area (Å²) < 4.78 is 4.52. The summed E-state index contributed by atoms with van der Waals surface area (Å²) in [6, 6.07) is 3.36. The first-order chi connectivity index (χ1) is 15.7. The van der Waals surface area contributed by atoms with Crippen LogP contribution in [-0.4, -0.2) is 60.6 Å². The fourth-order valence-electron chi connectivity index (χ4n) is 2.75. The van der Waals surface area contributed by atoms with Gasteiger partial charge < -0.3 is 15.6 Å². The maximum absolute atomic E-state index is 13.0. The Kier molecular flexibility index (Phi) is 6.34. The highest BCUT2D eigenvalue weighted by Gasteiger charge is 2.39. The van der Waals surface area contributed by atoms with E-state index in [4.69, 9.17) is 18.1 Å².